The number of ether oxygens (including phenoxy) is 2. The van der Waals surface area contributed by atoms with Crippen molar-refractivity contribution in [2.24, 2.45) is 0 Å². The predicted octanol–water partition coefficient (Wildman–Crippen LogP) is 3.45. The van der Waals surface area contributed by atoms with Gasteiger partial charge in [0.25, 0.3) is 0 Å². The topological polar surface area (TPSA) is 35.5 Å². The Labute approximate surface area is 107 Å². The monoisotopic (exact) mass is 256 g/mol. The average Bonchev–Trinajstić information content (AvgIpc) is 2.32. The summed E-state index contributed by atoms with van der Waals surface area (Å²) in [5, 5.41) is 0.635. The average molecular weight is 257 g/mol. The molecule has 0 spiro atoms. The molecule has 1 aromatic rings. The van der Waals surface area contributed by atoms with E-state index in [-0.39, 0.29) is 5.97 Å². The molecule has 0 radical (unpaired) electrons. The van der Waals surface area contributed by atoms with Crippen LogP contribution in [0.5, 0.6) is 5.75 Å². The molecule has 1 aromatic carbocycles. The lowest BCUT2D eigenvalue weighted by molar-refractivity contribution is -0.151. The summed E-state index contributed by atoms with van der Waals surface area (Å²) in [6, 6.07) is 6.87. The molecule has 0 aromatic heterocycles. The first kappa shape index (κ1) is 13.8. The molecule has 0 fully saturated rings. The number of halogens is 1. The Bertz CT molecular complexity index is 348. The Hall–Kier alpha value is -1.22. The van der Waals surface area contributed by atoms with Gasteiger partial charge in [0.05, 0.1) is 6.61 Å². The molecule has 94 valence electrons. The van der Waals surface area contributed by atoms with Crippen molar-refractivity contribution in [3.8, 4) is 5.75 Å². The summed E-state index contributed by atoms with van der Waals surface area (Å²) in [7, 11) is 0. The first-order valence-corrected chi connectivity index (χ1v) is 6.10. The van der Waals surface area contributed by atoms with E-state index in [0.29, 0.717) is 17.4 Å². The number of hydrogen-bond acceptors (Lipinski definition) is 3. The van der Waals surface area contributed by atoms with Gasteiger partial charge < -0.3 is 9.47 Å². The Balaban J connectivity index is 2.40. The standard InChI is InChI=1S/C13H17ClO3/c1-3-4-9-16-13(15)10(2)17-12-7-5-11(14)6-8-12/h5-8,10H,3-4,9H2,1-2H3/t10-/m1/s1. The van der Waals surface area contributed by atoms with E-state index in [2.05, 4.69) is 0 Å². The minimum atomic E-state index is -0.604. The fourth-order valence-electron chi connectivity index (χ4n) is 1.20. The molecule has 0 bridgehead atoms. The smallest absolute Gasteiger partial charge is 0.347 e. The van der Waals surface area contributed by atoms with Crippen LogP contribution in [0.4, 0.5) is 0 Å². The van der Waals surface area contributed by atoms with Crippen molar-refractivity contribution >= 4 is 17.6 Å². The zero-order chi connectivity index (χ0) is 12.7. The molecule has 0 aliphatic carbocycles. The van der Waals surface area contributed by atoms with Crippen molar-refractivity contribution in [2.45, 2.75) is 32.8 Å². The molecule has 0 aliphatic rings. The Morgan fingerprint density at radius 1 is 1.35 bits per heavy atom. The number of benzene rings is 1. The normalized spacial score (nSPS) is 11.9. The number of carbonyl (C=O) groups excluding carboxylic acids is 1. The van der Waals surface area contributed by atoms with Crippen molar-refractivity contribution in [3.63, 3.8) is 0 Å². The molecule has 0 saturated heterocycles. The van der Waals surface area contributed by atoms with E-state index in [1.807, 2.05) is 6.92 Å². The molecule has 0 unspecified atom stereocenters. The van der Waals surface area contributed by atoms with Crippen LogP contribution < -0.4 is 4.74 Å². The Morgan fingerprint density at radius 3 is 2.59 bits per heavy atom. The third-order valence-electron chi connectivity index (χ3n) is 2.20. The summed E-state index contributed by atoms with van der Waals surface area (Å²) in [5.74, 6) is 0.266. The summed E-state index contributed by atoms with van der Waals surface area (Å²) in [5.41, 5.74) is 0. The molecule has 1 rings (SSSR count). The molecular weight excluding hydrogens is 240 g/mol. The van der Waals surface area contributed by atoms with Gasteiger partial charge in [0, 0.05) is 5.02 Å². The van der Waals surface area contributed by atoms with Crippen molar-refractivity contribution in [3.05, 3.63) is 29.3 Å². The quantitative estimate of drug-likeness (QED) is 0.578. The van der Waals surface area contributed by atoms with E-state index in [1.54, 1.807) is 31.2 Å². The minimum absolute atomic E-state index is 0.339. The van der Waals surface area contributed by atoms with Crippen LogP contribution in [0.3, 0.4) is 0 Å². The molecule has 0 saturated carbocycles. The van der Waals surface area contributed by atoms with E-state index in [1.165, 1.54) is 0 Å². The van der Waals surface area contributed by atoms with Gasteiger partial charge in [-0.05, 0) is 37.6 Å². The van der Waals surface area contributed by atoms with Gasteiger partial charge >= 0.3 is 5.97 Å². The molecule has 1 atom stereocenters. The molecule has 0 N–H and O–H groups in total. The van der Waals surface area contributed by atoms with Crippen LogP contribution in [0.1, 0.15) is 26.7 Å². The first-order valence-electron chi connectivity index (χ1n) is 5.72. The van der Waals surface area contributed by atoms with E-state index in [0.717, 1.165) is 12.8 Å². The van der Waals surface area contributed by atoms with Gasteiger partial charge in [-0.3, -0.25) is 0 Å². The van der Waals surface area contributed by atoms with Crippen LogP contribution in [-0.2, 0) is 9.53 Å². The Kier molecular flexibility index (Phi) is 5.84. The van der Waals surface area contributed by atoms with Crippen molar-refractivity contribution < 1.29 is 14.3 Å². The van der Waals surface area contributed by atoms with Crippen LogP contribution in [-0.4, -0.2) is 18.7 Å². The van der Waals surface area contributed by atoms with Crippen LogP contribution in [0.25, 0.3) is 0 Å². The summed E-state index contributed by atoms with van der Waals surface area (Å²) in [4.78, 5) is 11.5. The molecule has 4 heteroatoms. The number of unbranched alkanes of at least 4 members (excludes halogenated alkanes) is 1. The SMILES string of the molecule is CCCCOC(=O)[C@@H](C)Oc1ccc(Cl)cc1. The number of carbonyl (C=O) groups is 1. The lowest BCUT2D eigenvalue weighted by Gasteiger charge is -2.13. The summed E-state index contributed by atoms with van der Waals surface area (Å²) >= 11 is 5.75. The van der Waals surface area contributed by atoms with E-state index < -0.39 is 6.10 Å². The lowest BCUT2D eigenvalue weighted by Crippen LogP contribution is -2.26. The van der Waals surface area contributed by atoms with Crippen molar-refractivity contribution in [2.75, 3.05) is 6.61 Å². The van der Waals surface area contributed by atoms with Gasteiger partial charge in [-0.2, -0.15) is 0 Å². The van der Waals surface area contributed by atoms with Crippen LogP contribution >= 0.6 is 11.6 Å². The van der Waals surface area contributed by atoms with Crippen molar-refractivity contribution in [1.29, 1.82) is 0 Å². The van der Waals surface area contributed by atoms with E-state index in [9.17, 15) is 4.79 Å². The van der Waals surface area contributed by atoms with Gasteiger partial charge in [-0.25, -0.2) is 4.79 Å². The van der Waals surface area contributed by atoms with Gasteiger partial charge in [0.15, 0.2) is 6.10 Å². The van der Waals surface area contributed by atoms with E-state index in [4.69, 9.17) is 21.1 Å². The molecule has 0 aliphatic heterocycles. The molecule has 0 heterocycles. The van der Waals surface area contributed by atoms with Crippen LogP contribution in [0, 0.1) is 0 Å². The maximum Gasteiger partial charge on any atom is 0.347 e. The predicted molar refractivity (Wildman–Crippen MR) is 67.4 cm³/mol. The highest BCUT2D eigenvalue weighted by Crippen LogP contribution is 2.17. The highest BCUT2D eigenvalue weighted by atomic mass is 35.5. The molecule has 3 nitrogen and oxygen atoms in total. The lowest BCUT2D eigenvalue weighted by atomic mass is 10.3. The van der Waals surface area contributed by atoms with Gasteiger partial charge in [-0.15, -0.1) is 0 Å². The molecule has 0 amide bonds. The minimum Gasteiger partial charge on any atom is -0.479 e. The summed E-state index contributed by atoms with van der Waals surface area (Å²) < 4.78 is 10.5. The molecule has 17 heavy (non-hydrogen) atoms. The highest BCUT2D eigenvalue weighted by Gasteiger charge is 2.15. The second-order valence-electron chi connectivity index (χ2n) is 3.74. The maximum absolute atomic E-state index is 11.5. The third kappa shape index (κ3) is 5.09. The zero-order valence-electron chi connectivity index (χ0n) is 10.1. The number of rotatable bonds is 6. The number of hydrogen-bond donors (Lipinski definition) is 0. The fraction of sp³-hybridized carbons (Fsp3) is 0.462. The summed E-state index contributed by atoms with van der Waals surface area (Å²) in [6.45, 7) is 4.16. The van der Waals surface area contributed by atoms with Gasteiger partial charge in [0.1, 0.15) is 5.75 Å². The second-order valence-corrected chi connectivity index (χ2v) is 4.17. The van der Waals surface area contributed by atoms with Crippen LogP contribution in [0.2, 0.25) is 5.02 Å². The third-order valence-corrected chi connectivity index (χ3v) is 2.45. The highest BCUT2D eigenvalue weighted by molar-refractivity contribution is 6.30. The van der Waals surface area contributed by atoms with E-state index >= 15 is 0 Å². The summed E-state index contributed by atoms with van der Waals surface area (Å²) in [6.07, 6.45) is 1.27. The Morgan fingerprint density at radius 2 is 2.00 bits per heavy atom. The first-order chi connectivity index (χ1) is 8.13. The van der Waals surface area contributed by atoms with Crippen molar-refractivity contribution in [1.82, 2.24) is 0 Å². The fourth-order valence-corrected chi connectivity index (χ4v) is 1.33. The largest absolute Gasteiger partial charge is 0.479 e. The maximum atomic E-state index is 11.5. The van der Waals surface area contributed by atoms with Crippen LogP contribution in [0.15, 0.2) is 24.3 Å². The zero-order valence-corrected chi connectivity index (χ0v) is 10.9. The molecular formula is C13H17ClO3. The second kappa shape index (κ2) is 7.17. The number of esters is 1. The van der Waals surface area contributed by atoms with Gasteiger partial charge in [-0.1, -0.05) is 24.9 Å². The van der Waals surface area contributed by atoms with Gasteiger partial charge in [0.2, 0.25) is 0 Å².